The van der Waals surface area contributed by atoms with Crippen LogP contribution in [0.15, 0.2) is 18.2 Å². The maximum Gasteiger partial charge on any atom is 0.416 e. The third-order valence-electron chi connectivity index (χ3n) is 2.43. The van der Waals surface area contributed by atoms with Crippen molar-refractivity contribution < 1.29 is 22.8 Å². The van der Waals surface area contributed by atoms with E-state index in [9.17, 15) is 22.8 Å². The largest absolute Gasteiger partial charge is 0.416 e. The van der Waals surface area contributed by atoms with Crippen LogP contribution in [0.25, 0.3) is 0 Å². The lowest BCUT2D eigenvalue weighted by molar-refractivity contribution is -0.138. The molecular weight excluding hydrogens is 307 g/mol. The second-order valence-corrected chi connectivity index (χ2v) is 4.65. The van der Waals surface area contributed by atoms with Crippen LogP contribution in [0.2, 0.25) is 0 Å². The van der Waals surface area contributed by atoms with E-state index in [1.807, 2.05) is 0 Å². The van der Waals surface area contributed by atoms with Gasteiger partial charge in [-0.05, 0) is 24.6 Å². The van der Waals surface area contributed by atoms with E-state index in [4.69, 9.17) is 5.73 Å². The summed E-state index contributed by atoms with van der Waals surface area (Å²) in [5, 5.41) is 4.19. The summed E-state index contributed by atoms with van der Waals surface area (Å²) < 4.78 is 38.1. The Labute approximate surface area is 123 Å². The van der Waals surface area contributed by atoms with Crippen molar-refractivity contribution in [3.8, 4) is 0 Å². The molecule has 2 amide bonds. The molecule has 0 aliphatic heterocycles. The number of rotatable bonds is 3. The van der Waals surface area contributed by atoms with Crippen molar-refractivity contribution in [3.05, 3.63) is 29.3 Å². The van der Waals surface area contributed by atoms with E-state index in [2.05, 4.69) is 22.9 Å². The average molecular weight is 319 g/mol. The Morgan fingerprint density at radius 3 is 2.43 bits per heavy atom. The highest BCUT2D eigenvalue weighted by molar-refractivity contribution is 7.80. The summed E-state index contributed by atoms with van der Waals surface area (Å²) in [6, 6.07) is 3.22. The summed E-state index contributed by atoms with van der Waals surface area (Å²) in [4.78, 5) is 22.8. The molecule has 9 heteroatoms. The molecule has 0 heterocycles. The fourth-order valence-electron chi connectivity index (χ4n) is 1.44. The predicted molar refractivity (Wildman–Crippen MR) is 74.6 cm³/mol. The minimum absolute atomic E-state index is 0.0124. The van der Waals surface area contributed by atoms with Gasteiger partial charge in [0, 0.05) is 5.69 Å². The highest BCUT2D eigenvalue weighted by Gasteiger charge is 2.32. The van der Waals surface area contributed by atoms with Crippen LogP contribution in [0.4, 0.5) is 18.9 Å². The van der Waals surface area contributed by atoms with Gasteiger partial charge in [-0.25, -0.2) is 0 Å². The minimum atomic E-state index is -4.54. The van der Waals surface area contributed by atoms with Gasteiger partial charge in [0.05, 0.1) is 17.1 Å². The van der Waals surface area contributed by atoms with Crippen molar-refractivity contribution in [1.29, 1.82) is 0 Å². The molecule has 0 spiro atoms. The zero-order chi connectivity index (χ0) is 16.2. The van der Waals surface area contributed by atoms with Crippen LogP contribution in [0.3, 0.4) is 0 Å². The third kappa shape index (κ3) is 5.03. The number of carbonyl (C=O) groups is 2. The summed E-state index contributed by atoms with van der Waals surface area (Å²) in [5.41, 5.74) is 4.13. The number of halogens is 3. The molecule has 5 nitrogen and oxygen atoms in total. The highest BCUT2D eigenvalue weighted by atomic mass is 32.1. The lowest BCUT2D eigenvalue weighted by Gasteiger charge is -2.12. The van der Waals surface area contributed by atoms with Gasteiger partial charge >= 0.3 is 18.0 Å². The smallest absolute Gasteiger partial charge is 0.392 e. The summed E-state index contributed by atoms with van der Waals surface area (Å²) in [7, 11) is 0. The van der Waals surface area contributed by atoms with Gasteiger partial charge in [0.15, 0.2) is 0 Å². The molecule has 4 N–H and O–H groups in total. The quantitative estimate of drug-likeness (QED) is 0.580. The van der Waals surface area contributed by atoms with Crippen molar-refractivity contribution in [2.75, 3.05) is 11.9 Å². The first-order valence-corrected chi connectivity index (χ1v) is 6.07. The van der Waals surface area contributed by atoms with Crippen LogP contribution in [-0.2, 0) is 15.8 Å². The fraction of sp³-hybridized carbons (Fsp3) is 0.250. The fourth-order valence-corrected chi connectivity index (χ4v) is 1.51. The van der Waals surface area contributed by atoms with Crippen LogP contribution in [0, 0.1) is 6.92 Å². The normalized spacial score (nSPS) is 10.9. The van der Waals surface area contributed by atoms with Crippen LogP contribution >= 0.6 is 12.2 Å². The van der Waals surface area contributed by atoms with Crippen molar-refractivity contribution in [2.45, 2.75) is 13.1 Å². The number of amides is 2. The topological polar surface area (TPSA) is 84.2 Å². The van der Waals surface area contributed by atoms with Crippen LogP contribution in [0.1, 0.15) is 11.1 Å². The first-order valence-electron chi connectivity index (χ1n) is 5.66. The van der Waals surface area contributed by atoms with E-state index in [1.54, 1.807) is 0 Å². The van der Waals surface area contributed by atoms with Crippen molar-refractivity contribution in [2.24, 2.45) is 5.73 Å². The number of alkyl halides is 3. The van der Waals surface area contributed by atoms with E-state index in [0.717, 1.165) is 6.07 Å². The summed E-state index contributed by atoms with van der Waals surface area (Å²) in [6.07, 6.45) is -4.54. The molecule has 21 heavy (non-hydrogen) atoms. The molecule has 0 saturated carbocycles. The standard InChI is InChI=1S/C12H12F3N3O2S/c1-6-2-3-7(4-8(6)12(13,14)15)18-11(20)10(19)17-5-9(16)21/h2-4H,5H2,1H3,(H2,16,21)(H,17,19)(H,18,20). The number of thiocarbonyl (C=S) groups is 1. The second kappa shape index (κ2) is 6.53. The Morgan fingerprint density at radius 2 is 1.90 bits per heavy atom. The van der Waals surface area contributed by atoms with Gasteiger partial charge < -0.3 is 16.4 Å². The molecule has 0 bridgehead atoms. The Kier molecular flexibility index (Phi) is 5.25. The van der Waals surface area contributed by atoms with Crippen molar-refractivity contribution >= 4 is 34.7 Å². The Morgan fingerprint density at radius 1 is 1.29 bits per heavy atom. The summed E-state index contributed by atoms with van der Waals surface area (Å²) >= 11 is 4.51. The predicted octanol–water partition coefficient (Wildman–Crippen LogP) is 1.35. The zero-order valence-corrected chi connectivity index (χ0v) is 11.7. The number of nitrogens with two attached hydrogens (primary N) is 1. The van der Waals surface area contributed by atoms with Gasteiger partial charge in [-0.15, -0.1) is 0 Å². The molecular formula is C12H12F3N3O2S. The maximum absolute atomic E-state index is 12.7. The SMILES string of the molecule is Cc1ccc(NC(=O)C(=O)NCC(N)=S)cc1C(F)(F)F. The number of benzene rings is 1. The van der Waals surface area contributed by atoms with Crippen LogP contribution in [-0.4, -0.2) is 23.3 Å². The van der Waals surface area contributed by atoms with Gasteiger partial charge in [-0.1, -0.05) is 18.3 Å². The maximum atomic E-state index is 12.7. The number of anilines is 1. The Hall–Kier alpha value is -2.16. The van der Waals surface area contributed by atoms with Gasteiger partial charge in [-0.2, -0.15) is 13.2 Å². The second-order valence-electron chi connectivity index (χ2n) is 4.13. The molecule has 114 valence electrons. The van der Waals surface area contributed by atoms with Crippen molar-refractivity contribution in [1.82, 2.24) is 5.32 Å². The summed E-state index contributed by atoms with van der Waals surface area (Å²) in [6.45, 7) is 1.12. The van der Waals surface area contributed by atoms with Crippen LogP contribution in [0.5, 0.6) is 0 Å². The van der Waals surface area contributed by atoms with E-state index in [0.29, 0.717) is 0 Å². The zero-order valence-electron chi connectivity index (χ0n) is 10.9. The average Bonchev–Trinajstić information content (AvgIpc) is 2.36. The van der Waals surface area contributed by atoms with Gasteiger partial charge in [0.2, 0.25) is 0 Å². The van der Waals surface area contributed by atoms with Crippen LogP contribution < -0.4 is 16.4 Å². The molecule has 0 unspecified atom stereocenters. The van der Waals surface area contributed by atoms with E-state index < -0.39 is 23.6 Å². The Bertz CT molecular complexity index is 588. The monoisotopic (exact) mass is 319 g/mol. The Balaban J connectivity index is 2.82. The van der Waals surface area contributed by atoms with E-state index in [1.165, 1.54) is 19.1 Å². The first kappa shape index (κ1) is 16.9. The van der Waals surface area contributed by atoms with E-state index in [-0.39, 0.29) is 22.8 Å². The van der Waals surface area contributed by atoms with Gasteiger partial charge in [0.1, 0.15) is 0 Å². The molecule has 0 saturated heterocycles. The number of aryl methyl sites for hydroxylation is 1. The molecule has 0 aromatic heterocycles. The highest BCUT2D eigenvalue weighted by Crippen LogP contribution is 2.33. The third-order valence-corrected chi connectivity index (χ3v) is 2.57. The number of hydrogen-bond donors (Lipinski definition) is 3. The molecule has 0 fully saturated rings. The first-order chi connectivity index (χ1) is 9.61. The minimum Gasteiger partial charge on any atom is -0.392 e. The number of nitrogens with one attached hydrogen (secondary N) is 2. The number of carbonyl (C=O) groups excluding carboxylic acids is 2. The lowest BCUT2D eigenvalue weighted by atomic mass is 10.1. The molecule has 1 rings (SSSR count). The van der Waals surface area contributed by atoms with Gasteiger partial charge in [0.25, 0.3) is 0 Å². The summed E-state index contributed by atoms with van der Waals surface area (Å²) in [5.74, 6) is -2.15. The number of hydrogen-bond acceptors (Lipinski definition) is 3. The molecule has 0 aliphatic rings. The van der Waals surface area contributed by atoms with Crippen molar-refractivity contribution in [3.63, 3.8) is 0 Å². The molecule has 0 atom stereocenters. The molecule has 0 aliphatic carbocycles. The van der Waals surface area contributed by atoms with Gasteiger partial charge in [-0.3, -0.25) is 9.59 Å². The molecule has 1 aromatic rings. The van der Waals surface area contributed by atoms with E-state index >= 15 is 0 Å². The lowest BCUT2D eigenvalue weighted by Crippen LogP contribution is -2.39. The molecule has 1 aromatic carbocycles. The molecule has 0 radical (unpaired) electrons.